The van der Waals surface area contributed by atoms with Crippen LogP contribution in [0.4, 0.5) is 0 Å². The van der Waals surface area contributed by atoms with Crippen LogP contribution in [0, 0.1) is 5.92 Å². The molecule has 0 saturated carbocycles. The fourth-order valence-electron chi connectivity index (χ4n) is 1.65. The highest BCUT2D eigenvalue weighted by Crippen LogP contribution is 2.13. The van der Waals surface area contributed by atoms with Gasteiger partial charge in [0.05, 0.1) is 0 Å². The van der Waals surface area contributed by atoms with Crippen molar-refractivity contribution in [1.29, 1.82) is 0 Å². The van der Waals surface area contributed by atoms with Gasteiger partial charge in [0.2, 0.25) is 5.91 Å². The Hall–Kier alpha value is -1.10. The molecule has 0 fully saturated rings. The molecule has 0 aliphatic rings. The molecular formula is C12H24N2O3. The van der Waals surface area contributed by atoms with Crippen LogP contribution in [0.5, 0.6) is 0 Å². The summed E-state index contributed by atoms with van der Waals surface area (Å²) in [4.78, 5) is 24.3. The lowest BCUT2D eigenvalue weighted by Gasteiger charge is -2.29. The van der Waals surface area contributed by atoms with Crippen LogP contribution < -0.4 is 5.73 Å². The average molecular weight is 244 g/mol. The predicted molar refractivity (Wildman–Crippen MR) is 66.6 cm³/mol. The Kier molecular flexibility index (Phi) is 7.54. The first-order chi connectivity index (χ1) is 7.93. The van der Waals surface area contributed by atoms with Crippen LogP contribution >= 0.6 is 0 Å². The van der Waals surface area contributed by atoms with E-state index in [0.717, 1.165) is 12.8 Å². The molecule has 0 radical (unpaired) electrons. The highest BCUT2D eigenvalue weighted by atomic mass is 16.4. The lowest BCUT2D eigenvalue weighted by atomic mass is 10.0. The summed E-state index contributed by atoms with van der Waals surface area (Å²) in [5, 5.41) is 8.82. The highest BCUT2D eigenvalue weighted by molar-refractivity contribution is 5.83. The van der Waals surface area contributed by atoms with E-state index in [0.29, 0.717) is 13.0 Å². The number of carbonyl (C=O) groups excluding carboxylic acids is 1. The van der Waals surface area contributed by atoms with Crippen molar-refractivity contribution in [3.8, 4) is 0 Å². The van der Waals surface area contributed by atoms with E-state index in [1.807, 2.05) is 20.8 Å². The normalized spacial score (nSPS) is 14.1. The summed E-state index contributed by atoms with van der Waals surface area (Å²) in [6.07, 6.45) is 2.25. The Labute approximate surface area is 103 Å². The summed E-state index contributed by atoms with van der Waals surface area (Å²) >= 11 is 0. The van der Waals surface area contributed by atoms with Gasteiger partial charge in [-0.05, 0) is 32.7 Å². The number of nitrogens with two attached hydrogens (primary N) is 1. The molecule has 0 aliphatic carbocycles. The molecule has 0 saturated heterocycles. The maximum atomic E-state index is 12.1. The van der Waals surface area contributed by atoms with E-state index in [-0.39, 0.29) is 24.4 Å². The summed E-state index contributed by atoms with van der Waals surface area (Å²) in [6.45, 7) is 5.98. The van der Waals surface area contributed by atoms with Gasteiger partial charge in [0.1, 0.15) is 6.54 Å². The van der Waals surface area contributed by atoms with Gasteiger partial charge in [-0.15, -0.1) is 0 Å². The fourth-order valence-corrected chi connectivity index (χ4v) is 1.65. The molecule has 0 aromatic heterocycles. The standard InChI is InChI=1S/C12H24N2O3/c1-4-10(3)14(8-11(15)16)12(17)9(2)6-5-7-13/h9-10H,4-8,13H2,1-3H3,(H,15,16). The minimum Gasteiger partial charge on any atom is -0.480 e. The maximum Gasteiger partial charge on any atom is 0.323 e. The minimum absolute atomic E-state index is 0.0427. The molecule has 0 rings (SSSR count). The molecule has 0 aliphatic heterocycles. The zero-order chi connectivity index (χ0) is 13.4. The first-order valence-electron chi connectivity index (χ1n) is 6.16. The van der Waals surface area contributed by atoms with Crippen molar-refractivity contribution in [3.63, 3.8) is 0 Å². The van der Waals surface area contributed by atoms with Crippen LogP contribution in [0.3, 0.4) is 0 Å². The number of nitrogens with zero attached hydrogens (tertiary/aromatic N) is 1. The molecule has 3 N–H and O–H groups in total. The number of aliphatic carboxylic acids is 1. The number of carboxylic acid groups (broad SMARTS) is 1. The molecule has 5 heteroatoms. The topological polar surface area (TPSA) is 83.6 Å². The van der Waals surface area contributed by atoms with Crippen LogP contribution in [-0.2, 0) is 9.59 Å². The molecular weight excluding hydrogens is 220 g/mol. The molecule has 17 heavy (non-hydrogen) atoms. The van der Waals surface area contributed by atoms with E-state index in [2.05, 4.69) is 0 Å². The monoisotopic (exact) mass is 244 g/mol. The van der Waals surface area contributed by atoms with Crippen LogP contribution in [0.15, 0.2) is 0 Å². The SMILES string of the molecule is CCC(C)N(CC(=O)O)C(=O)C(C)CCCN. The van der Waals surface area contributed by atoms with E-state index in [1.54, 1.807) is 0 Å². The van der Waals surface area contributed by atoms with E-state index >= 15 is 0 Å². The van der Waals surface area contributed by atoms with Crippen molar-refractivity contribution >= 4 is 11.9 Å². The predicted octanol–water partition coefficient (Wildman–Crippen LogP) is 1.07. The second-order valence-electron chi connectivity index (χ2n) is 4.45. The third kappa shape index (κ3) is 5.68. The van der Waals surface area contributed by atoms with Crippen LogP contribution in [0.2, 0.25) is 0 Å². The van der Waals surface area contributed by atoms with Crippen LogP contribution in [0.25, 0.3) is 0 Å². The van der Waals surface area contributed by atoms with Gasteiger partial charge in [-0.2, -0.15) is 0 Å². The van der Waals surface area contributed by atoms with Gasteiger partial charge >= 0.3 is 5.97 Å². The van der Waals surface area contributed by atoms with Crippen molar-refractivity contribution in [1.82, 2.24) is 4.90 Å². The molecule has 100 valence electrons. The van der Waals surface area contributed by atoms with Gasteiger partial charge < -0.3 is 15.7 Å². The van der Waals surface area contributed by atoms with Crippen molar-refractivity contribution in [2.24, 2.45) is 11.7 Å². The van der Waals surface area contributed by atoms with E-state index < -0.39 is 5.97 Å². The molecule has 5 nitrogen and oxygen atoms in total. The van der Waals surface area contributed by atoms with Crippen molar-refractivity contribution in [2.75, 3.05) is 13.1 Å². The highest BCUT2D eigenvalue weighted by Gasteiger charge is 2.25. The fraction of sp³-hybridized carbons (Fsp3) is 0.833. The second kappa shape index (κ2) is 8.06. The summed E-state index contributed by atoms with van der Waals surface area (Å²) in [7, 11) is 0. The summed E-state index contributed by atoms with van der Waals surface area (Å²) < 4.78 is 0. The van der Waals surface area contributed by atoms with Crippen molar-refractivity contribution < 1.29 is 14.7 Å². The first kappa shape index (κ1) is 15.9. The smallest absolute Gasteiger partial charge is 0.323 e. The average Bonchev–Trinajstić information content (AvgIpc) is 2.30. The first-order valence-corrected chi connectivity index (χ1v) is 6.16. The Morgan fingerprint density at radius 1 is 1.35 bits per heavy atom. The number of hydrogen-bond acceptors (Lipinski definition) is 3. The number of rotatable bonds is 8. The van der Waals surface area contributed by atoms with Crippen LogP contribution in [-0.4, -0.2) is 41.0 Å². The van der Waals surface area contributed by atoms with Gasteiger partial charge in [-0.3, -0.25) is 9.59 Å². The third-order valence-corrected chi connectivity index (χ3v) is 2.97. The van der Waals surface area contributed by atoms with Gasteiger partial charge in [0.15, 0.2) is 0 Å². The molecule has 2 unspecified atom stereocenters. The third-order valence-electron chi connectivity index (χ3n) is 2.97. The van der Waals surface area contributed by atoms with Crippen molar-refractivity contribution in [3.05, 3.63) is 0 Å². The molecule has 1 amide bonds. The summed E-state index contributed by atoms with van der Waals surface area (Å²) in [6, 6.07) is -0.0427. The van der Waals surface area contributed by atoms with Gasteiger partial charge in [-0.1, -0.05) is 13.8 Å². The molecule has 0 aromatic carbocycles. The van der Waals surface area contributed by atoms with Crippen LogP contribution in [0.1, 0.15) is 40.0 Å². The zero-order valence-electron chi connectivity index (χ0n) is 11.0. The number of carboxylic acids is 1. The largest absolute Gasteiger partial charge is 0.480 e. The second-order valence-corrected chi connectivity index (χ2v) is 4.45. The lowest BCUT2D eigenvalue weighted by molar-refractivity contribution is -0.148. The Morgan fingerprint density at radius 2 is 1.94 bits per heavy atom. The summed E-state index contributed by atoms with van der Waals surface area (Å²) in [5.41, 5.74) is 5.40. The number of amides is 1. The Morgan fingerprint density at radius 3 is 2.35 bits per heavy atom. The van der Waals surface area contributed by atoms with Gasteiger partial charge in [0, 0.05) is 12.0 Å². The molecule has 0 heterocycles. The molecule has 2 atom stereocenters. The van der Waals surface area contributed by atoms with E-state index in [9.17, 15) is 9.59 Å². The quantitative estimate of drug-likeness (QED) is 0.669. The van der Waals surface area contributed by atoms with Crippen molar-refractivity contribution in [2.45, 2.75) is 46.1 Å². The molecule has 0 aromatic rings. The van der Waals surface area contributed by atoms with E-state index in [4.69, 9.17) is 10.8 Å². The number of hydrogen-bond donors (Lipinski definition) is 2. The molecule has 0 bridgehead atoms. The zero-order valence-corrected chi connectivity index (χ0v) is 11.0. The Bertz CT molecular complexity index is 256. The van der Waals surface area contributed by atoms with Gasteiger partial charge in [0.25, 0.3) is 0 Å². The number of carbonyl (C=O) groups is 2. The van der Waals surface area contributed by atoms with Gasteiger partial charge in [-0.25, -0.2) is 0 Å². The van der Waals surface area contributed by atoms with E-state index in [1.165, 1.54) is 4.90 Å². The maximum absolute atomic E-state index is 12.1. The minimum atomic E-state index is -0.968. The lowest BCUT2D eigenvalue weighted by Crippen LogP contribution is -2.44. The Balaban J connectivity index is 4.56. The summed E-state index contributed by atoms with van der Waals surface area (Å²) in [5.74, 6) is -1.22. The molecule has 0 spiro atoms.